The van der Waals surface area contributed by atoms with Gasteiger partial charge in [-0.1, -0.05) is 6.07 Å². The van der Waals surface area contributed by atoms with Gasteiger partial charge in [-0.3, -0.25) is 14.4 Å². The molecule has 0 bridgehead atoms. The highest BCUT2D eigenvalue weighted by Gasteiger charge is 2.36. The van der Waals surface area contributed by atoms with Gasteiger partial charge < -0.3 is 14.4 Å². The molecule has 2 aromatic carbocycles. The van der Waals surface area contributed by atoms with Crippen LogP contribution >= 0.6 is 0 Å². The first kappa shape index (κ1) is 19.6. The molecule has 6 heteroatoms. The second-order valence-corrected chi connectivity index (χ2v) is 6.93. The zero-order chi connectivity index (χ0) is 20.3. The predicted molar refractivity (Wildman–Crippen MR) is 105 cm³/mol. The van der Waals surface area contributed by atoms with Crippen molar-refractivity contribution in [3.63, 3.8) is 0 Å². The van der Waals surface area contributed by atoms with Crippen LogP contribution in [-0.4, -0.2) is 37.9 Å². The van der Waals surface area contributed by atoms with Crippen molar-refractivity contribution >= 4 is 23.3 Å². The van der Waals surface area contributed by atoms with Gasteiger partial charge in [-0.2, -0.15) is 0 Å². The van der Waals surface area contributed by atoms with Gasteiger partial charge in [-0.05, 0) is 61.4 Å². The van der Waals surface area contributed by atoms with Crippen molar-refractivity contribution in [3.05, 3.63) is 59.2 Å². The number of nitrogens with zero attached hydrogens (tertiary/aromatic N) is 1. The molecule has 1 aliphatic heterocycles. The Hall–Kier alpha value is -3.15. The van der Waals surface area contributed by atoms with Crippen molar-refractivity contribution in [2.24, 2.45) is 5.92 Å². The van der Waals surface area contributed by atoms with Crippen molar-refractivity contribution < 1.29 is 23.9 Å². The molecular formula is C22H23NO5. The highest BCUT2D eigenvalue weighted by atomic mass is 16.5. The number of hydrogen-bond acceptors (Lipinski definition) is 5. The quantitative estimate of drug-likeness (QED) is 0.568. The Balaban J connectivity index is 1.58. The molecule has 0 radical (unpaired) electrons. The number of rotatable bonds is 6. The number of amides is 1. The van der Waals surface area contributed by atoms with Crippen molar-refractivity contribution in [3.8, 4) is 5.75 Å². The maximum Gasteiger partial charge on any atom is 0.311 e. The SMILES string of the molecule is COc1ccc(C(=O)COC(=O)[C@@H]2CC(=O)N(c3ccc(C)c(C)c3)C2)cc1. The normalized spacial score (nSPS) is 16.2. The predicted octanol–water partition coefficient (Wildman–Crippen LogP) is 3.09. The summed E-state index contributed by atoms with van der Waals surface area (Å²) in [7, 11) is 1.54. The van der Waals surface area contributed by atoms with E-state index < -0.39 is 11.9 Å². The van der Waals surface area contributed by atoms with Crippen LogP contribution in [0.5, 0.6) is 5.75 Å². The molecule has 1 saturated heterocycles. The maximum absolute atomic E-state index is 12.4. The van der Waals surface area contributed by atoms with Crippen LogP contribution < -0.4 is 9.64 Å². The molecule has 0 saturated carbocycles. The summed E-state index contributed by atoms with van der Waals surface area (Å²) in [6.45, 7) is 3.90. The summed E-state index contributed by atoms with van der Waals surface area (Å²) in [6, 6.07) is 12.4. The first-order chi connectivity index (χ1) is 13.4. The van der Waals surface area contributed by atoms with Crippen LogP contribution in [0.15, 0.2) is 42.5 Å². The van der Waals surface area contributed by atoms with Gasteiger partial charge in [0, 0.05) is 24.2 Å². The minimum absolute atomic E-state index is 0.0858. The summed E-state index contributed by atoms with van der Waals surface area (Å²) in [6.07, 6.45) is 0.0858. The Morgan fingerprint density at radius 2 is 1.79 bits per heavy atom. The zero-order valence-corrected chi connectivity index (χ0v) is 16.2. The lowest BCUT2D eigenvalue weighted by Gasteiger charge is -2.17. The highest BCUT2D eigenvalue weighted by molar-refractivity contribution is 6.01. The number of methoxy groups -OCH3 is 1. The molecule has 28 heavy (non-hydrogen) atoms. The average molecular weight is 381 g/mol. The third-order valence-electron chi connectivity index (χ3n) is 5.02. The molecule has 1 heterocycles. The van der Waals surface area contributed by atoms with Gasteiger partial charge >= 0.3 is 5.97 Å². The lowest BCUT2D eigenvalue weighted by Crippen LogP contribution is -2.27. The topological polar surface area (TPSA) is 72.9 Å². The van der Waals surface area contributed by atoms with E-state index in [1.807, 2.05) is 32.0 Å². The monoisotopic (exact) mass is 381 g/mol. The Kier molecular flexibility index (Phi) is 5.78. The standard InChI is InChI=1S/C22H23NO5/c1-14-4-7-18(10-15(14)2)23-12-17(11-21(23)25)22(26)28-13-20(24)16-5-8-19(27-3)9-6-16/h4-10,17H,11-13H2,1-3H3/t17-/m1/s1. The summed E-state index contributed by atoms with van der Waals surface area (Å²) < 4.78 is 10.2. The number of esters is 1. The number of benzene rings is 2. The Morgan fingerprint density at radius 3 is 2.43 bits per heavy atom. The van der Waals surface area contributed by atoms with Crippen LogP contribution in [0.2, 0.25) is 0 Å². The first-order valence-corrected chi connectivity index (χ1v) is 9.10. The van der Waals surface area contributed by atoms with Gasteiger partial charge in [0.1, 0.15) is 5.75 Å². The van der Waals surface area contributed by atoms with Crippen LogP contribution in [0.3, 0.4) is 0 Å². The molecule has 146 valence electrons. The Bertz CT molecular complexity index is 904. The third kappa shape index (κ3) is 4.22. The second kappa shape index (κ2) is 8.25. The van der Waals surface area contributed by atoms with Gasteiger partial charge in [-0.15, -0.1) is 0 Å². The fourth-order valence-corrected chi connectivity index (χ4v) is 3.12. The third-order valence-corrected chi connectivity index (χ3v) is 5.02. The maximum atomic E-state index is 12.4. The molecule has 1 atom stereocenters. The van der Waals surface area contributed by atoms with E-state index in [0.717, 1.165) is 16.8 Å². The van der Waals surface area contributed by atoms with Crippen LogP contribution in [0, 0.1) is 19.8 Å². The van der Waals surface area contributed by atoms with E-state index in [2.05, 4.69) is 0 Å². The number of carbonyl (C=O) groups excluding carboxylic acids is 3. The molecule has 0 aliphatic carbocycles. The fraction of sp³-hybridized carbons (Fsp3) is 0.318. The van der Waals surface area contributed by atoms with Gasteiger partial charge in [0.2, 0.25) is 5.91 Å². The average Bonchev–Trinajstić information content (AvgIpc) is 3.09. The van der Waals surface area contributed by atoms with Crippen LogP contribution in [0.1, 0.15) is 27.9 Å². The number of aryl methyl sites for hydroxylation is 2. The molecule has 0 N–H and O–H groups in total. The fourth-order valence-electron chi connectivity index (χ4n) is 3.12. The molecule has 6 nitrogen and oxygen atoms in total. The van der Waals surface area contributed by atoms with E-state index in [9.17, 15) is 14.4 Å². The van der Waals surface area contributed by atoms with Gasteiger partial charge in [-0.25, -0.2) is 0 Å². The summed E-state index contributed by atoms with van der Waals surface area (Å²) in [5, 5.41) is 0. The van der Waals surface area contributed by atoms with E-state index >= 15 is 0 Å². The second-order valence-electron chi connectivity index (χ2n) is 6.93. The lowest BCUT2D eigenvalue weighted by molar-refractivity contribution is -0.147. The number of hydrogen-bond donors (Lipinski definition) is 0. The highest BCUT2D eigenvalue weighted by Crippen LogP contribution is 2.27. The smallest absolute Gasteiger partial charge is 0.311 e. The van der Waals surface area contributed by atoms with Crippen LogP contribution in [-0.2, 0) is 14.3 Å². The lowest BCUT2D eigenvalue weighted by atomic mass is 10.1. The number of anilines is 1. The molecule has 0 unspecified atom stereocenters. The number of ketones is 1. The Morgan fingerprint density at radius 1 is 1.07 bits per heavy atom. The molecule has 0 spiro atoms. The van der Waals surface area contributed by atoms with Crippen molar-refractivity contribution in [2.45, 2.75) is 20.3 Å². The number of Topliss-reactive ketones (excluding diaryl/α,β-unsaturated/α-hetero) is 1. The molecule has 2 aromatic rings. The molecule has 0 aromatic heterocycles. The Labute approximate surface area is 164 Å². The van der Waals surface area contributed by atoms with Crippen molar-refractivity contribution in [2.75, 3.05) is 25.2 Å². The van der Waals surface area contributed by atoms with E-state index in [1.54, 1.807) is 36.3 Å². The summed E-state index contributed by atoms with van der Waals surface area (Å²) >= 11 is 0. The molecular weight excluding hydrogens is 358 g/mol. The summed E-state index contributed by atoms with van der Waals surface area (Å²) in [5.74, 6) is -0.873. The van der Waals surface area contributed by atoms with E-state index in [-0.39, 0.29) is 31.3 Å². The minimum Gasteiger partial charge on any atom is -0.497 e. The van der Waals surface area contributed by atoms with E-state index in [4.69, 9.17) is 9.47 Å². The number of carbonyl (C=O) groups is 3. The minimum atomic E-state index is -0.572. The molecule has 1 fully saturated rings. The van der Waals surface area contributed by atoms with Crippen LogP contribution in [0.4, 0.5) is 5.69 Å². The van der Waals surface area contributed by atoms with Gasteiger partial charge in [0.25, 0.3) is 0 Å². The number of ether oxygens (including phenoxy) is 2. The summed E-state index contributed by atoms with van der Waals surface area (Å²) in [4.78, 5) is 38.5. The largest absolute Gasteiger partial charge is 0.497 e. The zero-order valence-electron chi connectivity index (χ0n) is 16.2. The van der Waals surface area contributed by atoms with Crippen molar-refractivity contribution in [1.29, 1.82) is 0 Å². The molecule has 1 aliphatic rings. The summed E-state index contributed by atoms with van der Waals surface area (Å²) in [5.41, 5.74) is 3.44. The molecule has 3 rings (SSSR count). The van der Waals surface area contributed by atoms with Gasteiger partial charge in [0.15, 0.2) is 12.4 Å². The van der Waals surface area contributed by atoms with Gasteiger partial charge in [0.05, 0.1) is 13.0 Å². The molecule has 1 amide bonds. The van der Waals surface area contributed by atoms with Crippen molar-refractivity contribution in [1.82, 2.24) is 0 Å². The first-order valence-electron chi connectivity index (χ1n) is 9.10. The van der Waals surface area contributed by atoms with Crippen LogP contribution in [0.25, 0.3) is 0 Å². The van der Waals surface area contributed by atoms with E-state index in [1.165, 1.54) is 0 Å². The van der Waals surface area contributed by atoms with E-state index in [0.29, 0.717) is 11.3 Å².